The van der Waals surface area contributed by atoms with Gasteiger partial charge in [-0.05, 0) is 44.6 Å². The molecule has 0 radical (unpaired) electrons. The molecule has 0 heterocycles. The van der Waals surface area contributed by atoms with Crippen LogP contribution in [-0.2, 0) is 0 Å². The van der Waals surface area contributed by atoms with E-state index in [0.717, 1.165) is 29.2 Å². The van der Waals surface area contributed by atoms with Crippen LogP contribution in [0.5, 0.6) is 5.75 Å². The van der Waals surface area contributed by atoms with E-state index in [-0.39, 0.29) is 5.41 Å². The Labute approximate surface area is 113 Å². The number of methoxy groups -OCH3 is 1. The van der Waals surface area contributed by atoms with Gasteiger partial charge in [-0.2, -0.15) is 5.26 Å². The minimum Gasteiger partial charge on any atom is -0.496 e. The summed E-state index contributed by atoms with van der Waals surface area (Å²) in [4.78, 5) is 1.10. The summed E-state index contributed by atoms with van der Waals surface area (Å²) in [7, 11) is 1.65. The fourth-order valence-corrected chi connectivity index (χ4v) is 2.51. The lowest BCUT2D eigenvalue weighted by Gasteiger charge is -2.14. The smallest absolute Gasteiger partial charge is 0.134 e. The van der Waals surface area contributed by atoms with Gasteiger partial charge in [-0.3, -0.25) is 0 Å². The van der Waals surface area contributed by atoms with Crippen molar-refractivity contribution < 1.29 is 4.74 Å². The monoisotopic (exact) mass is 264 g/mol. The first kappa shape index (κ1) is 14.7. The van der Waals surface area contributed by atoms with Crippen LogP contribution in [0.3, 0.4) is 0 Å². The maximum absolute atomic E-state index is 8.93. The van der Waals surface area contributed by atoms with Crippen molar-refractivity contribution in [3.8, 4) is 11.8 Å². The summed E-state index contributed by atoms with van der Waals surface area (Å²) < 4.78 is 5.29. The van der Waals surface area contributed by atoms with E-state index >= 15 is 0 Å². The van der Waals surface area contributed by atoms with Gasteiger partial charge in [0, 0.05) is 16.6 Å². The second-order valence-electron chi connectivity index (χ2n) is 4.86. The third-order valence-electron chi connectivity index (χ3n) is 2.69. The lowest BCUT2D eigenvalue weighted by molar-refractivity contribution is 0.405. The molecule has 98 valence electrons. The van der Waals surface area contributed by atoms with Crippen molar-refractivity contribution in [2.75, 3.05) is 18.6 Å². The normalized spacial score (nSPS) is 11.0. The van der Waals surface area contributed by atoms with Gasteiger partial charge in [0.05, 0.1) is 18.6 Å². The molecule has 1 rings (SSSR count). The van der Waals surface area contributed by atoms with Crippen LogP contribution in [-0.4, -0.2) is 12.9 Å². The zero-order valence-corrected chi connectivity index (χ0v) is 12.0. The van der Waals surface area contributed by atoms with Crippen molar-refractivity contribution in [3.63, 3.8) is 0 Å². The van der Waals surface area contributed by atoms with Crippen molar-refractivity contribution in [2.24, 2.45) is 5.41 Å². The summed E-state index contributed by atoms with van der Waals surface area (Å²) in [5.74, 6) is 1.80. The number of nitrogen functional groups attached to an aromatic ring is 1. The number of hydrogen-bond acceptors (Lipinski definition) is 4. The van der Waals surface area contributed by atoms with Crippen molar-refractivity contribution >= 4 is 17.4 Å². The number of thioether (sulfide) groups is 1. The van der Waals surface area contributed by atoms with Crippen LogP contribution < -0.4 is 10.5 Å². The molecular weight excluding hydrogens is 244 g/mol. The second-order valence-corrected chi connectivity index (χ2v) is 5.99. The Morgan fingerprint density at radius 2 is 2.17 bits per heavy atom. The molecule has 0 bridgehead atoms. The minimum atomic E-state index is -0.230. The number of nitrogens with two attached hydrogens (primary N) is 1. The van der Waals surface area contributed by atoms with Crippen LogP contribution in [0.4, 0.5) is 5.69 Å². The number of anilines is 1. The molecule has 0 spiro atoms. The van der Waals surface area contributed by atoms with Crippen molar-refractivity contribution in [3.05, 3.63) is 18.2 Å². The average Bonchev–Trinajstić information content (AvgIpc) is 2.36. The first-order valence-corrected chi connectivity index (χ1v) is 6.94. The van der Waals surface area contributed by atoms with Crippen molar-refractivity contribution in [1.82, 2.24) is 0 Å². The molecule has 0 saturated carbocycles. The molecule has 0 amide bonds. The molecule has 0 fully saturated rings. The third-order valence-corrected chi connectivity index (χ3v) is 3.84. The number of nitriles is 1. The van der Waals surface area contributed by atoms with Gasteiger partial charge < -0.3 is 10.5 Å². The second kappa shape index (κ2) is 6.55. The van der Waals surface area contributed by atoms with Crippen LogP contribution in [0.2, 0.25) is 0 Å². The topological polar surface area (TPSA) is 59.0 Å². The fraction of sp³-hybridized carbons (Fsp3) is 0.500. The summed E-state index contributed by atoms with van der Waals surface area (Å²) in [5, 5.41) is 8.93. The number of benzene rings is 1. The lowest BCUT2D eigenvalue weighted by Crippen LogP contribution is -2.07. The molecule has 1 aromatic carbocycles. The number of nitrogens with zero attached hydrogens (tertiary/aromatic N) is 1. The van der Waals surface area contributed by atoms with Crippen LogP contribution in [0, 0.1) is 16.7 Å². The first-order chi connectivity index (χ1) is 8.48. The predicted octanol–water partition coefficient (Wildman–Crippen LogP) is 3.70. The molecular formula is C14H20N2OS. The van der Waals surface area contributed by atoms with Gasteiger partial charge in [-0.15, -0.1) is 11.8 Å². The highest BCUT2D eigenvalue weighted by molar-refractivity contribution is 7.99. The number of ether oxygens (including phenoxy) is 1. The maximum atomic E-state index is 8.93. The molecule has 0 unspecified atom stereocenters. The Kier molecular flexibility index (Phi) is 5.36. The van der Waals surface area contributed by atoms with E-state index in [9.17, 15) is 0 Å². The van der Waals surface area contributed by atoms with Gasteiger partial charge in [0.25, 0.3) is 0 Å². The van der Waals surface area contributed by atoms with Crippen LogP contribution >= 0.6 is 11.8 Å². The van der Waals surface area contributed by atoms with Gasteiger partial charge in [-0.1, -0.05) is 0 Å². The zero-order valence-electron chi connectivity index (χ0n) is 11.2. The van der Waals surface area contributed by atoms with E-state index < -0.39 is 0 Å². The Balaban J connectivity index is 2.47. The fourth-order valence-electron chi connectivity index (χ4n) is 1.56. The SMILES string of the molecule is COc1cc(N)ccc1SCCCC(C)(C)C#N. The van der Waals surface area contributed by atoms with Crippen molar-refractivity contribution in [2.45, 2.75) is 31.6 Å². The third kappa shape index (κ3) is 4.50. The summed E-state index contributed by atoms with van der Waals surface area (Å²) in [5.41, 5.74) is 6.19. The Hall–Kier alpha value is -1.34. The molecule has 0 aliphatic carbocycles. The van der Waals surface area contributed by atoms with E-state index in [1.165, 1.54) is 0 Å². The van der Waals surface area contributed by atoms with E-state index in [4.69, 9.17) is 15.7 Å². The highest BCUT2D eigenvalue weighted by atomic mass is 32.2. The van der Waals surface area contributed by atoms with Gasteiger partial charge in [0.1, 0.15) is 5.75 Å². The molecule has 2 N–H and O–H groups in total. The molecule has 3 nitrogen and oxygen atoms in total. The van der Waals surface area contributed by atoms with Crippen molar-refractivity contribution in [1.29, 1.82) is 5.26 Å². The standard InChI is InChI=1S/C14H20N2OS/c1-14(2,10-15)7-4-8-18-13-6-5-11(16)9-12(13)17-3/h5-6,9H,4,7-8,16H2,1-3H3. The van der Waals surface area contributed by atoms with Crippen LogP contribution in [0.15, 0.2) is 23.1 Å². The summed E-state index contributed by atoms with van der Waals surface area (Å²) >= 11 is 1.74. The van der Waals surface area contributed by atoms with Gasteiger partial charge >= 0.3 is 0 Å². The molecule has 1 aromatic rings. The van der Waals surface area contributed by atoms with Gasteiger partial charge in [0.2, 0.25) is 0 Å². The molecule has 0 saturated heterocycles. The molecule has 0 aromatic heterocycles. The molecule has 0 atom stereocenters. The largest absolute Gasteiger partial charge is 0.496 e. The Morgan fingerprint density at radius 3 is 2.78 bits per heavy atom. The average molecular weight is 264 g/mol. The molecule has 4 heteroatoms. The van der Waals surface area contributed by atoms with Gasteiger partial charge in [0.15, 0.2) is 0 Å². The summed E-state index contributed by atoms with van der Waals surface area (Å²) in [6, 6.07) is 8.01. The number of rotatable bonds is 6. The molecule has 0 aliphatic rings. The summed E-state index contributed by atoms with van der Waals surface area (Å²) in [6.45, 7) is 3.95. The minimum absolute atomic E-state index is 0.230. The van der Waals surface area contributed by atoms with Crippen LogP contribution in [0.25, 0.3) is 0 Å². The van der Waals surface area contributed by atoms with Crippen LogP contribution in [0.1, 0.15) is 26.7 Å². The predicted molar refractivity (Wildman–Crippen MR) is 76.8 cm³/mol. The van der Waals surface area contributed by atoms with Gasteiger partial charge in [-0.25, -0.2) is 0 Å². The summed E-state index contributed by atoms with van der Waals surface area (Å²) in [6.07, 6.45) is 1.92. The van der Waals surface area contributed by atoms with E-state index in [1.54, 1.807) is 18.9 Å². The number of hydrogen-bond donors (Lipinski definition) is 1. The van der Waals surface area contributed by atoms with E-state index in [0.29, 0.717) is 5.69 Å². The molecule has 0 aliphatic heterocycles. The highest BCUT2D eigenvalue weighted by Crippen LogP contribution is 2.32. The maximum Gasteiger partial charge on any atom is 0.134 e. The van der Waals surface area contributed by atoms with E-state index in [1.807, 2.05) is 32.0 Å². The lowest BCUT2D eigenvalue weighted by atomic mass is 9.90. The quantitative estimate of drug-likeness (QED) is 0.483. The first-order valence-electron chi connectivity index (χ1n) is 5.96. The Morgan fingerprint density at radius 1 is 1.44 bits per heavy atom. The highest BCUT2D eigenvalue weighted by Gasteiger charge is 2.15. The van der Waals surface area contributed by atoms with E-state index in [2.05, 4.69) is 6.07 Å². The zero-order chi connectivity index (χ0) is 13.6. The Bertz CT molecular complexity index is 438. The molecule has 18 heavy (non-hydrogen) atoms.